The molecule has 0 saturated carbocycles. The molecule has 5 aromatic carbocycles. The Hall–Kier alpha value is -7.84. The lowest BCUT2D eigenvalue weighted by Crippen LogP contribution is -2.18. The molecule has 9 aromatic rings. The second-order valence-electron chi connectivity index (χ2n) is 13.9. The van der Waals surface area contributed by atoms with E-state index in [-0.39, 0.29) is 0 Å². The Morgan fingerprint density at radius 2 is 0.589 bits per heavy atom. The number of rotatable bonds is 6. The van der Waals surface area contributed by atoms with E-state index in [1.54, 1.807) is 0 Å². The summed E-state index contributed by atoms with van der Waals surface area (Å²) in [5.74, 6) is 1.56. The van der Waals surface area contributed by atoms with Gasteiger partial charge >= 0.3 is 0 Å². The molecule has 0 radical (unpaired) electrons. The molecule has 11 rings (SSSR count). The molecule has 262 valence electrons. The van der Waals surface area contributed by atoms with Crippen LogP contribution in [0, 0.1) is 0 Å². The number of anilines is 2. The van der Waals surface area contributed by atoms with E-state index in [2.05, 4.69) is 103 Å². The van der Waals surface area contributed by atoms with Crippen LogP contribution in [0.4, 0.5) is 22.7 Å². The van der Waals surface area contributed by atoms with E-state index in [4.69, 9.17) is 9.98 Å². The maximum absolute atomic E-state index is 5.22. The topological polar surface area (TPSA) is 100 Å². The summed E-state index contributed by atoms with van der Waals surface area (Å²) in [5, 5.41) is 11.8. The summed E-state index contributed by atoms with van der Waals surface area (Å²) in [6.45, 7) is 0. The minimum absolute atomic E-state index is 0.779. The quantitative estimate of drug-likeness (QED) is 0.177. The second kappa shape index (κ2) is 12.9. The molecular formula is C48H30N8. The molecule has 8 nitrogen and oxygen atoms in total. The number of nitrogens with one attached hydrogen (secondary N) is 2. The average Bonchev–Trinajstić information content (AvgIpc) is 3.27. The first-order valence-electron chi connectivity index (χ1n) is 18.4. The van der Waals surface area contributed by atoms with Crippen molar-refractivity contribution in [2.24, 2.45) is 9.98 Å². The SMILES string of the molecule is c1cc(-c2cc3c4c(cc(-c5ccncc5)cc4c2)NC(c2ccc(C4=Nc5cc(-c6ccncc6)cc6cc(-c7ccncc7)cc(c56)N4)cc2)=N3)ccn1. The van der Waals surface area contributed by atoms with Crippen LogP contribution >= 0.6 is 0 Å². The number of pyridine rings is 4. The molecule has 0 amide bonds. The van der Waals surface area contributed by atoms with Crippen molar-refractivity contribution < 1.29 is 0 Å². The van der Waals surface area contributed by atoms with Gasteiger partial charge in [-0.25, -0.2) is 9.98 Å². The highest BCUT2D eigenvalue weighted by Crippen LogP contribution is 2.44. The Labute approximate surface area is 322 Å². The maximum atomic E-state index is 5.22. The Balaban J connectivity index is 0.994. The van der Waals surface area contributed by atoms with E-state index >= 15 is 0 Å². The van der Waals surface area contributed by atoms with E-state index in [0.717, 1.165) is 112 Å². The van der Waals surface area contributed by atoms with Gasteiger partial charge in [-0.1, -0.05) is 24.3 Å². The number of benzene rings is 5. The maximum Gasteiger partial charge on any atom is 0.138 e. The fourth-order valence-electron chi connectivity index (χ4n) is 7.81. The highest BCUT2D eigenvalue weighted by atomic mass is 15.0. The fraction of sp³-hybridized carbons (Fsp3) is 0. The summed E-state index contributed by atoms with van der Waals surface area (Å²) in [6.07, 6.45) is 14.6. The van der Waals surface area contributed by atoms with Crippen LogP contribution in [0.5, 0.6) is 0 Å². The number of hydrogen-bond acceptors (Lipinski definition) is 8. The zero-order valence-electron chi connectivity index (χ0n) is 29.8. The molecular weight excluding hydrogens is 689 g/mol. The van der Waals surface area contributed by atoms with Gasteiger partial charge in [0.05, 0.1) is 22.7 Å². The van der Waals surface area contributed by atoms with Crippen molar-refractivity contribution in [2.45, 2.75) is 0 Å². The molecule has 0 atom stereocenters. The van der Waals surface area contributed by atoms with Crippen LogP contribution in [0.1, 0.15) is 11.1 Å². The van der Waals surface area contributed by atoms with Gasteiger partial charge in [0, 0.05) is 71.5 Å². The van der Waals surface area contributed by atoms with Gasteiger partial charge in [0.1, 0.15) is 11.7 Å². The summed E-state index contributed by atoms with van der Waals surface area (Å²) in [6, 6.07) is 42.4. The highest BCUT2D eigenvalue weighted by molar-refractivity contribution is 6.22. The largest absolute Gasteiger partial charge is 0.339 e. The van der Waals surface area contributed by atoms with Gasteiger partial charge in [-0.2, -0.15) is 0 Å². The number of aromatic nitrogens is 4. The van der Waals surface area contributed by atoms with E-state index in [1.165, 1.54) is 0 Å². The number of hydrogen-bond donors (Lipinski definition) is 2. The predicted molar refractivity (Wildman–Crippen MR) is 227 cm³/mol. The highest BCUT2D eigenvalue weighted by Gasteiger charge is 2.22. The number of aliphatic imine (C=N–C) groups is 2. The lowest BCUT2D eigenvalue weighted by atomic mass is 9.94. The fourth-order valence-corrected chi connectivity index (χ4v) is 7.81. The molecule has 0 saturated heterocycles. The van der Waals surface area contributed by atoms with Gasteiger partial charge in [0.15, 0.2) is 0 Å². The lowest BCUT2D eigenvalue weighted by Gasteiger charge is -2.23. The molecule has 2 aliphatic rings. The summed E-state index contributed by atoms with van der Waals surface area (Å²) >= 11 is 0. The van der Waals surface area contributed by atoms with Crippen molar-refractivity contribution in [1.82, 2.24) is 19.9 Å². The third kappa shape index (κ3) is 5.56. The van der Waals surface area contributed by atoms with Crippen LogP contribution in [0.15, 0.2) is 181 Å². The van der Waals surface area contributed by atoms with Crippen molar-refractivity contribution in [1.29, 1.82) is 0 Å². The average molecular weight is 719 g/mol. The van der Waals surface area contributed by atoms with Gasteiger partial charge in [0.2, 0.25) is 0 Å². The van der Waals surface area contributed by atoms with Crippen LogP contribution in [-0.4, -0.2) is 31.6 Å². The van der Waals surface area contributed by atoms with Gasteiger partial charge in [0.25, 0.3) is 0 Å². The Morgan fingerprint density at radius 1 is 0.286 bits per heavy atom. The van der Waals surface area contributed by atoms with Crippen LogP contribution in [0.25, 0.3) is 66.1 Å². The first-order chi connectivity index (χ1) is 27.7. The van der Waals surface area contributed by atoms with E-state index in [1.807, 2.05) is 98.1 Å². The lowest BCUT2D eigenvalue weighted by molar-refractivity contribution is 1.33. The van der Waals surface area contributed by atoms with Crippen LogP contribution in [-0.2, 0) is 0 Å². The summed E-state index contributed by atoms with van der Waals surface area (Å²) in [7, 11) is 0. The van der Waals surface area contributed by atoms with E-state index in [0.29, 0.717) is 0 Å². The van der Waals surface area contributed by atoms with Gasteiger partial charge in [-0.05, 0) is 152 Å². The van der Waals surface area contributed by atoms with Crippen molar-refractivity contribution in [3.63, 3.8) is 0 Å². The van der Waals surface area contributed by atoms with E-state index < -0.39 is 0 Å². The zero-order valence-corrected chi connectivity index (χ0v) is 29.8. The Kier molecular flexibility index (Phi) is 7.31. The van der Waals surface area contributed by atoms with Crippen molar-refractivity contribution in [2.75, 3.05) is 10.6 Å². The molecule has 6 heterocycles. The smallest absolute Gasteiger partial charge is 0.138 e. The summed E-state index contributed by atoms with van der Waals surface area (Å²) in [5.41, 5.74) is 14.6. The summed E-state index contributed by atoms with van der Waals surface area (Å²) in [4.78, 5) is 27.4. The molecule has 56 heavy (non-hydrogen) atoms. The second-order valence-corrected chi connectivity index (χ2v) is 13.9. The van der Waals surface area contributed by atoms with Crippen LogP contribution < -0.4 is 10.6 Å². The molecule has 4 aromatic heterocycles. The molecule has 2 aliphatic heterocycles. The van der Waals surface area contributed by atoms with Gasteiger partial charge in [-0.15, -0.1) is 0 Å². The predicted octanol–water partition coefficient (Wildman–Crippen LogP) is 11.2. The number of amidine groups is 2. The molecule has 0 fully saturated rings. The third-order valence-electron chi connectivity index (χ3n) is 10.5. The Morgan fingerprint density at radius 3 is 0.911 bits per heavy atom. The van der Waals surface area contributed by atoms with Crippen molar-refractivity contribution in [3.8, 4) is 44.5 Å². The molecule has 0 unspecified atom stereocenters. The minimum Gasteiger partial charge on any atom is -0.339 e. The zero-order chi connectivity index (χ0) is 37.0. The Bertz CT molecular complexity index is 2820. The van der Waals surface area contributed by atoms with Gasteiger partial charge in [-0.3, -0.25) is 19.9 Å². The first kappa shape index (κ1) is 31.7. The third-order valence-corrected chi connectivity index (χ3v) is 10.5. The molecule has 2 N–H and O–H groups in total. The summed E-state index contributed by atoms with van der Waals surface area (Å²) < 4.78 is 0. The number of nitrogens with zero attached hydrogens (tertiary/aromatic N) is 6. The van der Waals surface area contributed by atoms with E-state index in [9.17, 15) is 0 Å². The van der Waals surface area contributed by atoms with Crippen LogP contribution in [0.2, 0.25) is 0 Å². The first-order valence-corrected chi connectivity index (χ1v) is 18.4. The van der Waals surface area contributed by atoms with Crippen LogP contribution in [0.3, 0.4) is 0 Å². The van der Waals surface area contributed by atoms with Gasteiger partial charge < -0.3 is 10.6 Å². The molecule has 0 bridgehead atoms. The molecule has 8 heteroatoms. The van der Waals surface area contributed by atoms with Crippen molar-refractivity contribution >= 4 is 56.0 Å². The minimum atomic E-state index is 0.779. The molecule has 0 aliphatic carbocycles. The molecule has 0 spiro atoms. The standard InChI is InChI=1S/C48H30N8/c1-2-34(48-55-43-27-37(31-9-17-51-18-10-31)23-40-24-38(28-44(56-48)46(40)43)32-11-19-52-20-12-32)4-3-33(1)47-53-41-25-35(29-5-13-49-14-6-29)21-39-22-36(26-42(54-47)45(39)41)30-7-15-50-16-8-30/h1-28H,(H,53,54)(H,55,56). The monoisotopic (exact) mass is 718 g/mol. The van der Waals surface area contributed by atoms with Crippen molar-refractivity contribution in [3.05, 3.63) is 182 Å². The normalized spacial score (nSPS) is 12.8.